The SMILES string of the molecule is S=P(Cl)(Cl)Br. The maximum absolute atomic E-state index is 5.14. The zero-order chi connectivity index (χ0) is 4.50. The third-order valence-corrected chi connectivity index (χ3v) is 0. The molecule has 0 rings (SSSR count). The Bertz CT molecular complexity index is 55.8. The number of halogens is 3. The first-order valence-corrected chi connectivity index (χ1v) is 7.32. The van der Waals surface area contributed by atoms with Crippen LogP contribution in [0.5, 0.6) is 0 Å². The van der Waals surface area contributed by atoms with Crippen molar-refractivity contribution in [3.63, 3.8) is 0 Å². The number of rotatable bonds is 0. The maximum atomic E-state index is 5.14. The molecule has 0 N–H and O–H groups in total. The van der Waals surface area contributed by atoms with Crippen LogP contribution in [0.15, 0.2) is 0 Å². The van der Waals surface area contributed by atoms with Gasteiger partial charge in [0.05, 0.1) is 0 Å². The van der Waals surface area contributed by atoms with Gasteiger partial charge in [0.2, 0.25) is 0 Å². The molecule has 0 amide bonds. The van der Waals surface area contributed by atoms with Crippen LogP contribution >= 0.6 is 41.4 Å². The highest BCUT2D eigenvalue weighted by molar-refractivity contribution is 9.49. The Hall–Kier alpha value is 1.71. The highest BCUT2D eigenvalue weighted by Crippen LogP contribution is 2.64. The molecule has 0 fully saturated rings. The van der Waals surface area contributed by atoms with E-state index in [1.165, 1.54) is 0 Å². The Balaban J connectivity index is 3.47. The molecular formula is BrCl2PS. The van der Waals surface area contributed by atoms with Gasteiger partial charge in [-0.25, -0.2) is 0 Å². The average Bonchev–Trinajstić information content (AvgIpc) is 0.722. The van der Waals surface area contributed by atoms with E-state index in [0.717, 1.165) is 0 Å². The van der Waals surface area contributed by atoms with Crippen molar-refractivity contribution in [2.75, 3.05) is 0 Å². The molecule has 0 bridgehead atoms. The first-order valence-electron chi connectivity index (χ1n) is 0.690. The van der Waals surface area contributed by atoms with E-state index in [9.17, 15) is 0 Å². The van der Waals surface area contributed by atoms with Gasteiger partial charge in [-0.2, -0.15) is 0 Å². The second kappa shape index (κ2) is 2.13. The van der Waals surface area contributed by atoms with Crippen molar-refractivity contribution in [1.29, 1.82) is 0 Å². The highest BCUT2D eigenvalue weighted by Gasteiger charge is 1.94. The van der Waals surface area contributed by atoms with Gasteiger partial charge in [-0.1, -0.05) is 34.3 Å². The Morgan fingerprint density at radius 3 is 1.60 bits per heavy atom. The third-order valence-electron chi connectivity index (χ3n) is 0. The molecule has 0 aliphatic heterocycles. The van der Waals surface area contributed by atoms with Crippen LogP contribution in [-0.4, -0.2) is 0 Å². The summed E-state index contributed by atoms with van der Waals surface area (Å²) in [5.74, 6) is 0. The van der Waals surface area contributed by atoms with Crippen LogP contribution in [0.25, 0.3) is 0 Å². The largest absolute Gasteiger partial charge is 0.179 e. The minimum atomic E-state index is -2.05. The smallest absolute Gasteiger partial charge is 0.0563 e. The molecule has 0 unspecified atom stereocenters. The maximum Gasteiger partial charge on any atom is 0.179 e. The van der Waals surface area contributed by atoms with Gasteiger partial charge in [-0.05, 0) is 15.5 Å². The molecule has 0 aromatic carbocycles. The molecule has 0 radical (unpaired) electrons. The normalized spacial score (nSPS) is 11.8. The van der Waals surface area contributed by atoms with Gasteiger partial charge in [0.25, 0.3) is 0 Å². The summed E-state index contributed by atoms with van der Waals surface area (Å²) in [6.07, 6.45) is 0. The van der Waals surface area contributed by atoms with Crippen LogP contribution in [0.3, 0.4) is 0 Å². The molecule has 0 saturated heterocycles. The minimum Gasteiger partial charge on any atom is -0.0563 e. The predicted molar refractivity (Wildman–Crippen MR) is 34.9 cm³/mol. The van der Waals surface area contributed by atoms with Gasteiger partial charge in [0, 0.05) is 0 Å². The van der Waals surface area contributed by atoms with Gasteiger partial charge < -0.3 is 0 Å². The lowest BCUT2D eigenvalue weighted by Gasteiger charge is -1.81. The summed E-state index contributed by atoms with van der Waals surface area (Å²) in [6, 6.07) is 0. The fourth-order valence-corrected chi connectivity index (χ4v) is 0. The molecule has 0 saturated carbocycles. The first kappa shape index (κ1) is 6.71. The molecule has 0 aliphatic rings. The molecule has 5 heteroatoms. The van der Waals surface area contributed by atoms with E-state index in [4.69, 9.17) is 22.5 Å². The van der Waals surface area contributed by atoms with E-state index < -0.39 is 3.45 Å². The standard InChI is InChI=1S/BrCl2PS/c1-4(2,3)5. The van der Waals surface area contributed by atoms with E-state index in [0.29, 0.717) is 0 Å². The molecule has 5 heavy (non-hydrogen) atoms. The van der Waals surface area contributed by atoms with Crippen LogP contribution in [0.1, 0.15) is 0 Å². The molecule has 0 aromatic heterocycles. The van der Waals surface area contributed by atoms with Crippen LogP contribution in [-0.2, 0) is 11.8 Å². The lowest BCUT2D eigenvalue weighted by atomic mass is 30.3. The van der Waals surface area contributed by atoms with E-state index in [1.807, 2.05) is 0 Å². The molecule has 0 nitrogen and oxygen atoms in total. The van der Waals surface area contributed by atoms with Gasteiger partial charge in [0.15, 0.2) is 3.45 Å². The lowest BCUT2D eigenvalue weighted by molar-refractivity contribution is 4.72. The fourth-order valence-electron chi connectivity index (χ4n) is 0. The zero-order valence-electron chi connectivity index (χ0n) is 1.99. The van der Waals surface area contributed by atoms with Crippen LogP contribution < -0.4 is 0 Å². The number of hydrogen-bond acceptors (Lipinski definition) is 1. The van der Waals surface area contributed by atoms with E-state index in [2.05, 4.69) is 27.3 Å². The van der Waals surface area contributed by atoms with Crippen molar-refractivity contribution >= 4 is 53.2 Å². The van der Waals surface area contributed by atoms with Crippen LogP contribution in [0, 0.1) is 0 Å². The summed E-state index contributed by atoms with van der Waals surface area (Å²) < 4.78 is -2.05. The fraction of sp³-hybridized carbons (Fsp3) is 0. The molecule has 0 heterocycles. The monoisotopic (exact) mass is 212 g/mol. The second-order valence-corrected chi connectivity index (χ2v) is 14.7. The topological polar surface area (TPSA) is 0 Å². The van der Waals surface area contributed by atoms with Crippen molar-refractivity contribution in [3.05, 3.63) is 0 Å². The van der Waals surface area contributed by atoms with Gasteiger partial charge >= 0.3 is 0 Å². The van der Waals surface area contributed by atoms with E-state index in [1.54, 1.807) is 0 Å². The summed E-state index contributed by atoms with van der Waals surface area (Å²) in [7, 11) is 0. The Morgan fingerprint density at radius 2 is 1.60 bits per heavy atom. The van der Waals surface area contributed by atoms with E-state index >= 15 is 0 Å². The van der Waals surface area contributed by atoms with Crippen molar-refractivity contribution in [3.8, 4) is 0 Å². The first-order chi connectivity index (χ1) is 2.00. The van der Waals surface area contributed by atoms with Crippen molar-refractivity contribution in [2.24, 2.45) is 0 Å². The second-order valence-electron chi connectivity index (χ2n) is 0.399. The average molecular weight is 214 g/mol. The zero-order valence-corrected chi connectivity index (χ0v) is 6.80. The van der Waals surface area contributed by atoms with Crippen LogP contribution in [0.2, 0.25) is 0 Å². The molecule has 32 valence electrons. The van der Waals surface area contributed by atoms with Crippen molar-refractivity contribution in [2.45, 2.75) is 0 Å². The summed E-state index contributed by atoms with van der Waals surface area (Å²) in [5, 5.41) is 0. The van der Waals surface area contributed by atoms with Crippen molar-refractivity contribution in [1.82, 2.24) is 0 Å². The lowest BCUT2D eigenvalue weighted by Crippen LogP contribution is -1.15. The third kappa shape index (κ3) is 26.9. The molecule has 0 aliphatic carbocycles. The minimum absolute atomic E-state index is 2.05. The van der Waals surface area contributed by atoms with Gasteiger partial charge in [-0.3, -0.25) is 0 Å². The van der Waals surface area contributed by atoms with E-state index in [-0.39, 0.29) is 0 Å². The molecular weight excluding hydrogens is 214 g/mol. The molecule has 0 aromatic rings. The summed E-state index contributed by atoms with van der Waals surface area (Å²) in [4.78, 5) is 0. The number of hydrogen-bond donors (Lipinski definition) is 0. The Morgan fingerprint density at radius 1 is 1.60 bits per heavy atom. The highest BCUT2D eigenvalue weighted by atomic mass is 79.9. The van der Waals surface area contributed by atoms with Gasteiger partial charge in [0.1, 0.15) is 0 Å². The van der Waals surface area contributed by atoms with Gasteiger partial charge in [-0.15, -0.1) is 0 Å². The van der Waals surface area contributed by atoms with Crippen molar-refractivity contribution < 1.29 is 0 Å². The molecule has 0 spiro atoms. The summed E-state index contributed by atoms with van der Waals surface area (Å²) >= 11 is 17.5. The Labute approximate surface area is 53.2 Å². The van der Waals surface area contributed by atoms with Crippen LogP contribution in [0.4, 0.5) is 0 Å². The summed E-state index contributed by atoms with van der Waals surface area (Å²) in [5.41, 5.74) is 0. The predicted octanol–water partition coefficient (Wildman–Crippen LogP) is 3.08. The quantitative estimate of drug-likeness (QED) is 0.558. The summed E-state index contributed by atoms with van der Waals surface area (Å²) in [6.45, 7) is 0. The Kier molecular flexibility index (Phi) is 2.86. The molecule has 0 atom stereocenters.